The molecule has 1 aliphatic heterocycles. The second-order valence-electron chi connectivity index (χ2n) is 6.47. The summed E-state index contributed by atoms with van der Waals surface area (Å²) >= 11 is 0. The smallest absolute Gasteiger partial charge is 0.409 e. The molecule has 1 aliphatic rings. The van der Waals surface area contributed by atoms with Crippen LogP contribution in [-0.2, 0) is 9.47 Å². The lowest BCUT2D eigenvalue weighted by Gasteiger charge is -2.31. The van der Waals surface area contributed by atoms with Crippen molar-refractivity contribution < 1.29 is 23.9 Å². The molecule has 0 spiro atoms. The summed E-state index contributed by atoms with van der Waals surface area (Å²) in [6, 6.07) is 3.00. The van der Waals surface area contributed by atoms with Crippen molar-refractivity contribution in [3.63, 3.8) is 0 Å². The zero-order valence-corrected chi connectivity index (χ0v) is 16.4. The van der Waals surface area contributed by atoms with Crippen LogP contribution in [0.25, 0.3) is 0 Å². The van der Waals surface area contributed by atoms with Crippen molar-refractivity contribution in [2.24, 2.45) is 0 Å². The Morgan fingerprint density at radius 3 is 2.68 bits per heavy atom. The molecule has 28 heavy (non-hydrogen) atoms. The number of methoxy groups -OCH3 is 1. The number of rotatable bonds is 8. The second-order valence-corrected chi connectivity index (χ2v) is 6.47. The minimum Gasteiger partial charge on any atom is -0.450 e. The van der Waals surface area contributed by atoms with Gasteiger partial charge in [-0.25, -0.2) is 4.79 Å². The van der Waals surface area contributed by atoms with E-state index in [1.807, 2.05) is 0 Å². The van der Waals surface area contributed by atoms with Gasteiger partial charge in [-0.1, -0.05) is 0 Å². The third-order valence-corrected chi connectivity index (χ3v) is 4.42. The van der Waals surface area contributed by atoms with E-state index in [0.717, 1.165) is 0 Å². The topological polar surface area (TPSA) is 110 Å². The summed E-state index contributed by atoms with van der Waals surface area (Å²) in [6.45, 7) is 4.24. The minimum absolute atomic E-state index is 0.0495. The molecule has 9 nitrogen and oxygen atoms in total. The van der Waals surface area contributed by atoms with Crippen LogP contribution in [0.4, 0.5) is 4.79 Å². The third kappa shape index (κ3) is 6.49. The Hall–Kier alpha value is -2.68. The number of hydrogen-bond acceptors (Lipinski definition) is 6. The Bertz CT molecular complexity index is 674. The maximum atomic E-state index is 12.5. The van der Waals surface area contributed by atoms with Gasteiger partial charge in [0.25, 0.3) is 11.8 Å². The molecule has 1 aromatic rings. The zero-order chi connectivity index (χ0) is 20.4. The van der Waals surface area contributed by atoms with E-state index < -0.39 is 0 Å². The van der Waals surface area contributed by atoms with Gasteiger partial charge in [-0.2, -0.15) is 0 Å². The van der Waals surface area contributed by atoms with Crippen LogP contribution in [0.2, 0.25) is 0 Å². The van der Waals surface area contributed by atoms with Gasteiger partial charge in [0.2, 0.25) is 0 Å². The van der Waals surface area contributed by atoms with Crippen LogP contribution in [-0.4, -0.2) is 73.8 Å². The van der Waals surface area contributed by atoms with Crippen molar-refractivity contribution in [2.75, 3.05) is 40.0 Å². The van der Waals surface area contributed by atoms with Gasteiger partial charge in [0.05, 0.1) is 6.61 Å². The first-order valence-corrected chi connectivity index (χ1v) is 9.51. The molecule has 2 rings (SSSR count). The van der Waals surface area contributed by atoms with Gasteiger partial charge in [-0.3, -0.25) is 14.6 Å². The molecule has 2 heterocycles. The van der Waals surface area contributed by atoms with Crippen LogP contribution in [0, 0.1) is 0 Å². The fraction of sp³-hybridized carbons (Fsp3) is 0.579. The summed E-state index contributed by atoms with van der Waals surface area (Å²) in [5, 5.41) is 5.70. The van der Waals surface area contributed by atoms with E-state index in [1.54, 1.807) is 25.0 Å². The summed E-state index contributed by atoms with van der Waals surface area (Å²) in [5.74, 6) is -0.584. The normalized spacial score (nSPS) is 14.4. The molecule has 0 aromatic carbocycles. The van der Waals surface area contributed by atoms with Gasteiger partial charge in [-0.15, -0.1) is 0 Å². The number of likely N-dealkylation sites (tertiary alicyclic amines) is 1. The number of hydrogen-bond donors (Lipinski definition) is 2. The van der Waals surface area contributed by atoms with Crippen LogP contribution >= 0.6 is 0 Å². The molecule has 2 N–H and O–H groups in total. The fourth-order valence-electron chi connectivity index (χ4n) is 2.90. The lowest BCUT2D eigenvalue weighted by atomic mass is 10.1. The Kier molecular flexibility index (Phi) is 8.67. The number of piperidine rings is 1. The molecular formula is C19H28N4O5. The van der Waals surface area contributed by atoms with Crippen LogP contribution in [0.3, 0.4) is 0 Å². The van der Waals surface area contributed by atoms with Gasteiger partial charge < -0.3 is 25.0 Å². The Morgan fingerprint density at radius 2 is 2.00 bits per heavy atom. The highest BCUT2D eigenvalue weighted by atomic mass is 16.6. The first-order valence-electron chi connectivity index (χ1n) is 9.51. The van der Waals surface area contributed by atoms with E-state index >= 15 is 0 Å². The second kappa shape index (κ2) is 11.2. The Morgan fingerprint density at radius 1 is 1.25 bits per heavy atom. The monoisotopic (exact) mass is 392 g/mol. The maximum absolute atomic E-state index is 12.5. The molecule has 0 aliphatic carbocycles. The first kappa shape index (κ1) is 21.6. The molecule has 0 unspecified atom stereocenters. The molecular weight excluding hydrogens is 364 g/mol. The van der Waals surface area contributed by atoms with E-state index in [0.29, 0.717) is 57.7 Å². The number of pyridine rings is 1. The molecule has 9 heteroatoms. The summed E-state index contributed by atoms with van der Waals surface area (Å²) in [5.41, 5.74) is 0.576. The van der Waals surface area contributed by atoms with Crippen LogP contribution in [0.1, 0.15) is 47.0 Å². The number of ether oxygens (including phenoxy) is 2. The van der Waals surface area contributed by atoms with Crippen LogP contribution in [0.15, 0.2) is 18.3 Å². The number of nitrogens with zero attached hydrogens (tertiary/aromatic N) is 2. The van der Waals surface area contributed by atoms with Crippen molar-refractivity contribution in [1.82, 2.24) is 20.5 Å². The van der Waals surface area contributed by atoms with Gasteiger partial charge in [0.15, 0.2) is 0 Å². The highest BCUT2D eigenvalue weighted by molar-refractivity contribution is 5.98. The van der Waals surface area contributed by atoms with Crippen LogP contribution in [0.5, 0.6) is 0 Å². The summed E-state index contributed by atoms with van der Waals surface area (Å²) < 4.78 is 9.93. The minimum atomic E-state index is -0.330. The van der Waals surface area contributed by atoms with Gasteiger partial charge in [0.1, 0.15) is 5.69 Å². The molecule has 1 fully saturated rings. The number of amides is 3. The molecule has 0 radical (unpaired) electrons. The molecule has 1 saturated heterocycles. The summed E-state index contributed by atoms with van der Waals surface area (Å²) in [7, 11) is 1.61. The number of carbonyl (C=O) groups is 3. The van der Waals surface area contributed by atoms with E-state index in [4.69, 9.17) is 9.47 Å². The van der Waals surface area contributed by atoms with Crippen LogP contribution < -0.4 is 10.6 Å². The molecule has 3 amide bonds. The summed E-state index contributed by atoms with van der Waals surface area (Å²) in [6.07, 6.45) is 3.13. The lowest BCUT2D eigenvalue weighted by molar-refractivity contribution is 0.0856. The third-order valence-electron chi connectivity index (χ3n) is 4.42. The Labute approximate surface area is 164 Å². The van der Waals surface area contributed by atoms with E-state index in [-0.39, 0.29) is 29.6 Å². The fourth-order valence-corrected chi connectivity index (χ4v) is 2.90. The van der Waals surface area contributed by atoms with Crippen molar-refractivity contribution in [3.8, 4) is 0 Å². The molecule has 0 atom stereocenters. The first-order chi connectivity index (χ1) is 13.5. The van der Waals surface area contributed by atoms with Gasteiger partial charge in [-0.05, 0) is 38.3 Å². The maximum Gasteiger partial charge on any atom is 0.409 e. The molecule has 0 saturated carbocycles. The average molecular weight is 392 g/mol. The zero-order valence-electron chi connectivity index (χ0n) is 16.4. The van der Waals surface area contributed by atoms with E-state index in [1.165, 1.54) is 12.3 Å². The highest BCUT2D eigenvalue weighted by Crippen LogP contribution is 2.12. The van der Waals surface area contributed by atoms with E-state index in [2.05, 4.69) is 15.6 Å². The predicted molar refractivity (Wildman–Crippen MR) is 102 cm³/mol. The Balaban J connectivity index is 1.84. The lowest BCUT2D eigenvalue weighted by Crippen LogP contribution is -2.46. The standard InChI is InChI=1S/C19H28N4O5/c1-3-28-19(26)23-10-6-15(7-11-23)22-18(25)16-13-14(5-9-20-16)17(24)21-8-4-12-27-2/h5,9,13,15H,3-4,6-8,10-12H2,1-2H3,(H,21,24)(H,22,25). The number of nitrogens with one attached hydrogen (secondary N) is 2. The quantitative estimate of drug-likeness (QED) is 0.643. The van der Waals surface area contributed by atoms with Crippen molar-refractivity contribution >= 4 is 17.9 Å². The largest absolute Gasteiger partial charge is 0.450 e. The predicted octanol–water partition coefficient (Wildman–Crippen LogP) is 1.20. The van der Waals surface area contributed by atoms with Gasteiger partial charge in [0, 0.05) is 51.2 Å². The molecule has 1 aromatic heterocycles. The van der Waals surface area contributed by atoms with Crippen molar-refractivity contribution in [1.29, 1.82) is 0 Å². The van der Waals surface area contributed by atoms with Crippen molar-refractivity contribution in [2.45, 2.75) is 32.2 Å². The van der Waals surface area contributed by atoms with E-state index in [9.17, 15) is 14.4 Å². The van der Waals surface area contributed by atoms with Crippen molar-refractivity contribution in [3.05, 3.63) is 29.6 Å². The molecule has 154 valence electrons. The summed E-state index contributed by atoms with van der Waals surface area (Å²) in [4.78, 5) is 42.1. The SMILES string of the molecule is CCOC(=O)N1CCC(NC(=O)c2cc(C(=O)NCCCOC)ccn2)CC1. The number of carbonyl (C=O) groups excluding carboxylic acids is 3. The highest BCUT2D eigenvalue weighted by Gasteiger charge is 2.25. The average Bonchev–Trinajstić information content (AvgIpc) is 2.72. The molecule has 0 bridgehead atoms. The van der Waals surface area contributed by atoms with Gasteiger partial charge >= 0.3 is 6.09 Å². The number of aromatic nitrogens is 1.